The maximum atomic E-state index is 11.9. The lowest BCUT2D eigenvalue weighted by Gasteiger charge is -2.21. The van der Waals surface area contributed by atoms with Gasteiger partial charge in [0.15, 0.2) is 5.78 Å². The quantitative estimate of drug-likeness (QED) is 0.792. The number of ketones is 1. The number of halogens is 1. The molecule has 1 heterocycles. The molecule has 0 aliphatic carbocycles. The average molecular weight is 278 g/mol. The Hall–Kier alpha value is -1.35. The molecule has 0 radical (unpaired) electrons. The smallest absolute Gasteiger partial charge is 0.182 e. The van der Waals surface area contributed by atoms with E-state index >= 15 is 0 Å². The molecule has 1 aromatic rings. The number of nitrogens with zero attached hydrogens (tertiary/aromatic N) is 1. The number of rotatable bonds is 3. The van der Waals surface area contributed by atoms with Crippen molar-refractivity contribution in [2.24, 2.45) is 0 Å². The zero-order valence-electron chi connectivity index (χ0n) is 8.77. The second-order valence-electron chi connectivity index (χ2n) is 3.65. The van der Waals surface area contributed by atoms with Crippen LogP contribution in [0.3, 0.4) is 0 Å². The first-order valence-corrected chi connectivity index (χ1v) is 5.90. The summed E-state index contributed by atoms with van der Waals surface area (Å²) in [6.07, 6.45) is 5.86. The summed E-state index contributed by atoms with van der Waals surface area (Å²) in [5.74, 6) is 0.146. The minimum atomic E-state index is 0.146. The van der Waals surface area contributed by atoms with E-state index in [0.29, 0.717) is 6.54 Å². The Labute approximate surface area is 103 Å². The second kappa shape index (κ2) is 5.12. The molecule has 16 heavy (non-hydrogen) atoms. The molecule has 0 saturated carbocycles. The van der Waals surface area contributed by atoms with Gasteiger partial charge in [-0.25, -0.2) is 0 Å². The molecule has 3 heteroatoms. The Morgan fingerprint density at radius 3 is 2.75 bits per heavy atom. The van der Waals surface area contributed by atoms with Gasteiger partial charge in [0.2, 0.25) is 0 Å². The molecule has 0 unspecified atom stereocenters. The first-order valence-electron chi connectivity index (χ1n) is 5.11. The topological polar surface area (TPSA) is 20.3 Å². The number of carbonyl (C=O) groups is 1. The third kappa shape index (κ3) is 2.83. The van der Waals surface area contributed by atoms with Crippen LogP contribution in [0.25, 0.3) is 0 Å². The molecule has 0 N–H and O–H groups in total. The van der Waals surface area contributed by atoms with E-state index in [0.717, 1.165) is 16.6 Å². The van der Waals surface area contributed by atoms with Crippen LogP contribution in [0.1, 0.15) is 10.4 Å². The number of hydrogen-bond acceptors (Lipinski definition) is 2. The summed E-state index contributed by atoms with van der Waals surface area (Å²) < 4.78 is 1.09. The van der Waals surface area contributed by atoms with E-state index in [9.17, 15) is 4.79 Å². The zero-order chi connectivity index (χ0) is 11.4. The van der Waals surface area contributed by atoms with Gasteiger partial charge in [0.1, 0.15) is 0 Å². The van der Waals surface area contributed by atoms with Crippen molar-refractivity contribution in [3.63, 3.8) is 0 Å². The van der Waals surface area contributed by atoms with Crippen molar-refractivity contribution >= 4 is 21.7 Å². The highest BCUT2D eigenvalue weighted by molar-refractivity contribution is 9.11. The molecule has 2 rings (SSSR count). The predicted molar refractivity (Wildman–Crippen MR) is 68.5 cm³/mol. The predicted octanol–water partition coefficient (Wildman–Crippen LogP) is 2.98. The number of carbonyl (C=O) groups excluding carboxylic acids is 1. The molecule has 1 aromatic carbocycles. The molecular weight excluding hydrogens is 266 g/mol. The first kappa shape index (κ1) is 11.1. The Morgan fingerprint density at radius 2 is 2.06 bits per heavy atom. The summed E-state index contributed by atoms with van der Waals surface area (Å²) in [5, 5.41) is 0. The standard InChI is InChI=1S/C13H12BrNO/c14-12-7-4-8-15(9-12)10-13(16)11-5-2-1-3-6-11/h1-8H,9-10H2. The van der Waals surface area contributed by atoms with Crippen LogP contribution in [-0.4, -0.2) is 23.8 Å². The van der Waals surface area contributed by atoms with Crippen LogP contribution in [0.4, 0.5) is 0 Å². The SMILES string of the molecule is O=C(CN1C=CC=C(Br)C1)c1ccccc1. The van der Waals surface area contributed by atoms with E-state index in [-0.39, 0.29) is 5.78 Å². The van der Waals surface area contributed by atoms with Crippen LogP contribution in [0.15, 0.2) is 53.2 Å². The molecule has 1 aliphatic rings. The lowest BCUT2D eigenvalue weighted by molar-refractivity contribution is 0.0959. The molecule has 0 atom stereocenters. The van der Waals surface area contributed by atoms with Crippen LogP contribution < -0.4 is 0 Å². The fourth-order valence-corrected chi connectivity index (χ4v) is 2.05. The summed E-state index contributed by atoms with van der Waals surface area (Å²) in [5.41, 5.74) is 0.765. The Morgan fingerprint density at radius 1 is 1.31 bits per heavy atom. The zero-order valence-corrected chi connectivity index (χ0v) is 10.4. The van der Waals surface area contributed by atoms with Gasteiger partial charge in [0.05, 0.1) is 6.54 Å². The van der Waals surface area contributed by atoms with Crippen LogP contribution >= 0.6 is 15.9 Å². The van der Waals surface area contributed by atoms with E-state index in [1.165, 1.54) is 0 Å². The normalized spacial score (nSPS) is 14.8. The van der Waals surface area contributed by atoms with Gasteiger partial charge in [-0.1, -0.05) is 46.3 Å². The summed E-state index contributed by atoms with van der Waals surface area (Å²) in [6.45, 7) is 1.18. The van der Waals surface area contributed by atoms with Gasteiger partial charge in [-0.2, -0.15) is 0 Å². The third-order valence-electron chi connectivity index (χ3n) is 2.37. The highest BCUT2D eigenvalue weighted by Gasteiger charge is 2.11. The van der Waals surface area contributed by atoms with E-state index < -0.39 is 0 Å². The van der Waals surface area contributed by atoms with Gasteiger partial charge in [0.25, 0.3) is 0 Å². The van der Waals surface area contributed by atoms with E-state index in [2.05, 4.69) is 15.9 Å². The van der Waals surface area contributed by atoms with Crippen molar-refractivity contribution < 1.29 is 4.79 Å². The molecule has 0 fully saturated rings. The number of Topliss-reactive ketones (excluding diaryl/α,β-unsaturated/α-hetero) is 1. The maximum absolute atomic E-state index is 11.9. The highest BCUT2D eigenvalue weighted by atomic mass is 79.9. The Bertz CT molecular complexity index is 437. The molecule has 82 valence electrons. The van der Waals surface area contributed by atoms with Crippen molar-refractivity contribution in [3.05, 3.63) is 58.7 Å². The number of hydrogen-bond donors (Lipinski definition) is 0. The number of benzene rings is 1. The molecular formula is C13H12BrNO. The van der Waals surface area contributed by atoms with E-state index in [4.69, 9.17) is 0 Å². The second-order valence-corrected chi connectivity index (χ2v) is 4.67. The molecule has 0 amide bonds. The largest absolute Gasteiger partial charge is 0.365 e. The van der Waals surface area contributed by atoms with Crippen molar-refractivity contribution in [1.29, 1.82) is 0 Å². The van der Waals surface area contributed by atoms with Gasteiger partial charge < -0.3 is 4.90 Å². The third-order valence-corrected chi connectivity index (χ3v) is 2.89. The molecule has 1 aliphatic heterocycles. The van der Waals surface area contributed by atoms with Crippen molar-refractivity contribution in [2.45, 2.75) is 0 Å². The Balaban J connectivity index is 1.99. The minimum absolute atomic E-state index is 0.146. The van der Waals surface area contributed by atoms with Crippen molar-refractivity contribution in [2.75, 3.05) is 13.1 Å². The van der Waals surface area contributed by atoms with Crippen molar-refractivity contribution in [1.82, 2.24) is 4.90 Å². The highest BCUT2D eigenvalue weighted by Crippen LogP contribution is 2.13. The van der Waals surface area contributed by atoms with Gasteiger partial charge >= 0.3 is 0 Å². The summed E-state index contributed by atoms with van der Waals surface area (Å²) in [7, 11) is 0. The fourth-order valence-electron chi connectivity index (χ4n) is 1.58. The first-order chi connectivity index (χ1) is 7.75. The molecule has 2 nitrogen and oxygen atoms in total. The monoisotopic (exact) mass is 277 g/mol. The van der Waals surface area contributed by atoms with Gasteiger partial charge in [0, 0.05) is 16.6 Å². The summed E-state index contributed by atoms with van der Waals surface area (Å²) in [6, 6.07) is 9.38. The van der Waals surface area contributed by atoms with Gasteiger partial charge in [-0.15, -0.1) is 0 Å². The average Bonchev–Trinajstić information content (AvgIpc) is 2.30. The maximum Gasteiger partial charge on any atom is 0.182 e. The van der Waals surface area contributed by atoms with Gasteiger partial charge in [-0.05, 0) is 18.4 Å². The van der Waals surface area contributed by atoms with E-state index in [1.807, 2.05) is 53.6 Å². The molecule has 0 bridgehead atoms. The minimum Gasteiger partial charge on any atom is -0.365 e. The lowest BCUT2D eigenvalue weighted by atomic mass is 10.1. The van der Waals surface area contributed by atoms with Crippen LogP contribution in [0.2, 0.25) is 0 Å². The van der Waals surface area contributed by atoms with E-state index in [1.54, 1.807) is 0 Å². The molecule has 0 aromatic heterocycles. The van der Waals surface area contributed by atoms with Gasteiger partial charge in [-0.3, -0.25) is 4.79 Å². The van der Waals surface area contributed by atoms with Crippen LogP contribution in [0, 0.1) is 0 Å². The summed E-state index contributed by atoms with van der Waals surface area (Å²) >= 11 is 3.43. The number of allylic oxidation sites excluding steroid dienone is 2. The fraction of sp³-hybridized carbons (Fsp3) is 0.154. The summed E-state index contributed by atoms with van der Waals surface area (Å²) in [4.78, 5) is 13.9. The Kier molecular flexibility index (Phi) is 3.57. The van der Waals surface area contributed by atoms with Crippen LogP contribution in [0.5, 0.6) is 0 Å². The van der Waals surface area contributed by atoms with Crippen molar-refractivity contribution in [3.8, 4) is 0 Å². The molecule has 0 spiro atoms. The molecule has 0 saturated heterocycles. The van der Waals surface area contributed by atoms with Crippen LogP contribution in [-0.2, 0) is 0 Å². The lowest BCUT2D eigenvalue weighted by Crippen LogP contribution is -2.27.